The molecule has 1 aliphatic carbocycles. The summed E-state index contributed by atoms with van der Waals surface area (Å²) in [7, 11) is 0. The molecule has 7 aromatic carbocycles. The Labute approximate surface area is 332 Å². The molecule has 0 saturated carbocycles. The van der Waals surface area contributed by atoms with E-state index in [0.717, 1.165) is 72.4 Å². The van der Waals surface area contributed by atoms with Gasteiger partial charge >= 0.3 is 0 Å². The monoisotopic (exact) mass is 735 g/mol. The maximum atomic E-state index is 7.07. The summed E-state index contributed by atoms with van der Waals surface area (Å²) < 4.78 is 8.67. The normalized spacial score (nSPS) is 15.0. The Morgan fingerprint density at radius 2 is 1.30 bits per heavy atom. The Kier molecular flexibility index (Phi) is 8.65. The molecule has 0 aliphatic heterocycles. The Balaban J connectivity index is 1.20. The van der Waals surface area contributed by atoms with Gasteiger partial charge in [0, 0.05) is 44.2 Å². The molecule has 1 unspecified atom stereocenters. The number of allylic oxidation sites excluding steroid dienone is 5. The molecular weight excluding hydrogens is 695 g/mol. The predicted octanol–water partition coefficient (Wildman–Crippen LogP) is 13.5. The average Bonchev–Trinajstić information content (AvgIpc) is 3.81. The van der Waals surface area contributed by atoms with Gasteiger partial charge in [-0.25, -0.2) is 0 Å². The summed E-state index contributed by atoms with van der Waals surface area (Å²) in [6, 6.07) is 60.2. The van der Waals surface area contributed by atoms with E-state index in [1.165, 1.54) is 27.4 Å². The highest BCUT2D eigenvalue weighted by atomic mass is 16.3. The summed E-state index contributed by atoms with van der Waals surface area (Å²) in [5.41, 5.74) is 22.2. The van der Waals surface area contributed by atoms with Gasteiger partial charge in [0.1, 0.15) is 11.2 Å². The van der Waals surface area contributed by atoms with E-state index in [9.17, 15) is 0 Å². The van der Waals surface area contributed by atoms with E-state index < -0.39 is 0 Å². The fourth-order valence-electron chi connectivity index (χ4n) is 8.58. The molecule has 57 heavy (non-hydrogen) atoms. The zero-order valence-corrected chi connectivity index (χ0v) is 31.7. The quantitative estimate of drug-likeness (QED) is 0.153. The zero-order valence-electron chi connectivity index (χ0n) is 31.7. The minimum Gasteiger partial charge on any atom is -0.456 e. The van der Waals surface area contributed by atoms with Crippen molar-refractivity contribution in [3.8, 4) is 16.8 Å². The highest BCUT2D eigenvalue weighted by Gasteiger charge is 2.28. The molecule has 1 atom stereocenters. The first kappa shape index (κ1) is 34.2. The second-order valence-corrected chi connectivity index (χ2v) is 14.7. The third kappa shape index (κ3) is 6.12. The maximum Gasteiger partial charge on any atom is 0.135 e. The molecule has 274 valence electrons. The molecule has 0 amide bonds. The smallest absolute Gasteiger partial charge is 0.135 e. The molecule has 2 heterocycles. The largest absolute Gasteiger partial charge is 0.456 e. The minimum atomic E-state index is -0.115. The van der Waals surface area contributed by atoms with Crippen LogP contribution in [0.15, 0.2) is 210 Å². The maximum absolute atomic E-state index is 7.07. The van der Waals surface area contributed by atoms with E-state index in [4.69, 9.17) is 10.2 Å². The molecule has 0 spiro atoms. The van der Waals surface area contributed by atoms with Crippen LogP contribution in [0.2, 0.25) is 0 Å². The molecule has 3 N–H and O–H groups in total. The van der Waals surface area contributed by atoms with Crippen LogP contribution in [0.25, 0.3) is 71.7 Å². The van der Waals surface area contributed by atoms with Crippen LogP contribution >= 0.6 is 0 Å². The van der Waals surface area contributed by atoms with Crippen LogP contribution in [0.3, 0.4) is 0 Å². The van der Waals surface area contributed by atoms with Crippen molar-refractivity contribution in [1.29, 1.82) is 0 Å². The Morgan fingerprint density at radius 3 is 2.14 bits per heavy atom. The van der Waals surface area contributed by atoms with Crippen LogP contribution in [0, 0.1) is 0 Å². The van der Waals surface area contributed by atoms with Crippen LogP contribution < -0.4 is 11.1 Å². The van der Waals surface area contributed by atoms with E-state index in [-0.39, 0.29) is 6.04 Å². The number of benzene rings is 7. The van der Waals surface area contributed by atoms with E-state index in [2.05, 4.69) is 174 Å². The van der Waals surface area contributed by atoms with Crippen molar-refractivity contribution in [2.24, 2.45) is 5.73 Å². The number of hydrogen-bond donors (Lipinski definition) is 2. The zero-order chi connectivity index (χ0) is 38.3. The number of rotatable bonds is 8. The second kappa shape index (κ2) is 14.4. The Morgan fingerprint density at radius 1 is 0.632 bits per heavy atom. The van der Waals surface area contributed by atoms with Gasteiger partial charge in [-0.15, -0.1) is 0 Å². The number of nitrogens with zero attached hydrogens (tertiary/aromatic N) is 1. The van der Waals surface area contributed by atoms with Gasteiger partial charge in [-0.3, -0.25) is 0 Å². The summed E-state index contributed by atoms with van der Waals surface area (Å²) in [6.07, 6.45) is 9.09. The number of anilines is 1. The summed E-state index contributed by atoms with van der Waals surface area (Å²) >= 11 is 0. The van der Waals surface area contributed by atoms with Gasteiger partial charge in [0.2, 0.25) is 0 Å². The minimum absolute atomic E-state index is 0.115. The van der Waals surface area contributed by atoms with Gasteiger partial charge in [-0.2, -0.15) is 0 Å². The standard InChI is InChI=1S/C53H41N3O/c1-2-3-23-47(54)46-33-42(36-27-29-51-44(31-36)40-21-11-14-25-50(40)56(51)38-18-8-5-9-19-38)43(37-28-30-53-45(32-37)41-22-12-15-26-52(41)57-53)34-49(46)55-48-24-13-10-20-39(48)35-16-6-4-7-17-35/h2-33,49,55H,34,54H2,1H3/b3-2-,47-23-. The summed E-state index contributed by atoms with van der Waals surface area (Å²) in [5.74, 6) is 0. The van der Waals surface area contributed by atoms with Crippen LogP contribution in [0.5, 0.6) is 0 Å². The lowest BCUT2D eigenvalue weighted by atomic mass is 9.80. The molecule has 0 fully saturated rings. The molecule has 4 nitrogen and oxygen atoms in total. The summed E-state index contributed by atoms with van der Waals surface area (Å²) in [5, 5.41) is 8.64. The predicted molar refractivity (Wildman–Crippen MR) is 240 cm³/mol. The van der Waals surface area contributed by atoms with E-state index in [1.54, 1.807) is 0 Å². The van der Waals surface area contributed by atoms with Crippen LogP contribution in [0.1, 0.15) is 24.5 Å². The van der Waals surface area contributed by atoms with Crippen LogP contribution in [0.4, 0.5) is 5.69 Å². The second-order valence-electron chi connectivity index (χ2n) is 14.7. The van der Waals surface area contributed by atoms with Gasteiger partial charge < -0.3 is 20.0 Å². The molecule has 4 heteroatoms. The number of nitrogens with one attached hydrogen (secondary N) is 1. The third-order valence-electron chi connectivity index (χ3n) is 11.3. The van der Waals surface area contributed by atoms with Gasteiger partial charge in [-0.1, -0.05) is 127 Å². The highest BCUT2D eigenvalue weighted by Crippen LogP contribution is 2.44. The lowest BCUT2D eigenvalue weighted by molar-refractivity contribution is 0.669. The number of furan rings is 1. The lowest BCUT2D eigenvalue weighted by Crippen LogP contribution is -2.28. The molecule has 0 bridgehead atoms. The fraction of sp³-hybridized carbons (Fsp3) is 0.0566. The highest BCUT2D eigenvalue weighted by molar-refractivity contribution is 6.12. The summed E-state index contributed by atoms with van der Waals surface area (Å²) in [4.78, 5) is 0. The SMILES string of the molecule is C/C=C\C=C(/N)C1=CC(c2ccc3c(c2)c2ccccc2n3-c2ccccc2)=C(c2ccc3oc4ccccc4c3c2)CC1Nc1ccccc1-c1ccccc1. The van der Waals surface area contributed by atoms with E-state index in [1.807, 2.05) is 37.3 Å². The van der Waals surface area contributed by atoms with Crippen molar-refractivity contribution in [2.75, 3.05) is 5.32 Å². The lowest BCUT2D eigenvalue weighted by Gasteiger charge is -2.31. The van der Waals surface area contributed by atoms with Crippen molar-refractivity contribution >= 4 is 60.6 Å². The molecular formula is C53H41N3O. The first-order valence-corrected chi connectivity index (χ1v) is 19.6. The van der Waals surface area contributed by atoms with Gasteiger partial charge in [0.25, 0.3) is 0 Å². The number of para-hydroxylation sites is 4. The summed E-state index contributed by atoms with van der Waals surface area (Å²) in [6.45, 7) is 2.02. The van der Waals surface area contributed by atoms with E-state index >= 15 is 0 Å². The van der Waals surface area contributed by atoms with Crippen LogP contribution in [-0.4, -0.2) is 10.6 Å². The molecule has 1 aliphatic rings. The number of aromatic nitrogens is 1. The molecule has 2 aromatic heterocycles. The van der Waals surface area contributed by atoms with Gasteiger partial charge in [0.15, 0.2) is 0 Å². The van der Waals surface area contributed by atoms with Crippen molar-refractivity contribution < 1.29 is 4.42 Å². The Bertz CT molecular complexity index is 3090. The number of nitrogens with two attached hydrogens (primary N) is 1. The van der Waals surface area contributed by atoms with Gasteiger partial charge in [0.05, 0.1) is 17.1 Å². The number of hydrogen-bond acceptors (Lipinski definition) is 3. The molecule has 10 rings (SSSR count). The molecule has 9 aromatic rings. The fourth-order valence-corrected chi connectivity index (χ4v) is 8.58. The topological polar surface area (TPSA) is 56.1 Å². The Hall–Kier alpha value is -7.30. The first-order chi connectivity index (χ1) is 28.1. The number of fused-ring (bicyclic) bond motifs is 6. The molecule has 0 saturated heterocycles. The van der Waals surface area contributed by atoms with Crippen molar-refractivity contribution in [1.82, 2.24) is 4.57 Å². The van der Waals surface area contributed by atoms with Crippen molar-refractivity contribution in [3.63, 3.8) is 0 Å². The van der Waals surface area contributed by atoms with Gasteiger partial charge in [-0.05, 0) is 114 Å². The molecule has 0 radical (unpaired) electrons. The first-order valence-electron chi connectivity index (χ1n) is 19.6. The van der Waals surface area contributed by atoms with Crippen LogP contribution in [-0.2, 0) is 0 Å². The average molecular weight is 736 g/mol. The third-order valence-corrected chi connectivity index (χ3v) is 11.3. The van der Waals surface area contributed by atoms with Crippen molar-refractivity contribution in [2.45, 2.75) is 19.4 Å². The van der Waals surface area contributed by atoms with E-state index in [0.29, 0.717) is 6.42 Å². The van der Waals surface area contributed by atoms with Crippen molar-refractivity contribution in [3.05, 3.63) is 217 Å².